The van der Waals surface area contributed by atoms with E-state index in [2.05, 4.69) is 0 Å². The van der Waals surface area contributed by atoms with Gasteiger partial charge in [-0.05, 0) is 12.1 Å². The molecule has 3 aromatic rings. The molecule has 1 amide bonds. The maximum atomic E-state index is 12.5. The van der Waals surface area contributed by atoms with Gasteiger partial charge >= 0.3 is 12.1 Å². The van der Waals surface area contributed by atoms with E-state index in [9.17, 15) is 14.7 Å². The normalized spacial score (nSPS) is 17.5. The summed E-state index contributed by atoms with van der Waals surface area (Å²) in [5, 5.41) is 11.4. The van der Waals surface area contributed by atoms with Crippen molar-refractivity contribution in [3.05, 3.63) is 48.5 Å². The fraction of sp³-hybridized carbons (Fsp3) is 0.263. The minimum Gasteiger partial charge on any atom is -0.480 e. The van der Waals surface area contributed by atoms with E-state index >= 15 is 0 Å². The Morgan fingerprint density at radius 2 is 1.69 bits per heavy atom. The number of hydrogen-bond donors (Lipinski definition) is 1. The Hall–Kier alpha value is -3.06. The summed E-state index contributed by atoms with van der Waals surface area (Å²) < 4.78 is 12.5. The molecule has 1 aliphatic rings. The number of para-hydroxylation sites is 2. The molecule has 4 rings (SSSR count). The summed E-state index contributed by atoms with van der Waals surface area (Å²) in [6.45, 7) is 0.480. The summed E-state index contributed by atoms with van der Waals surface area (Å²) in [4.78, 5) is 25.0. The number of carbonyl (C=O) groups excluding carboxylic acids is 1. The third kappa shape index (κ3) is 2.76. The van der Waals surface area contributed by atoms with Crippen LogP contribution in [0, 0.1) is 0 Å². The lowest BCUT2D eigenvalue weighted by atomic mass is 10.2. The second-order valence-corrected chi connectivity index (χ2v) is 6.12. The number of aliphatic carboxylic acids is 1. The molecule has 1 aliphatic heterocycles. The van der Waals surface area contributed by atoms with Crippen LogP contribution >= 0.6 is 0 Å². The largest absolute Gasteiger partial charge is 0.480 e. The Kier molecular flexibility index (Phi) is 4.22. The molecule has 134 valence electrons. The van der Waals surface area contributed by atoms with E-state index < -0.39 is 18.1 Å². The Morgan fingerprint density at radius 1 is 1.08 bits per heavy atom. The Balaban J connectivity index is 1.61. The van der Waals surface area contributed by atoms with E-state index in [-0.39, 0.29) is 19.9 Å². The number of carboxylic acids is 1. The highest BCUT2D eigenvalue weighted by Gasteiger charge is 2.33. The number of carboxylic acid groups (broad SMARTS) is 1. The lowest BCUT2D eigenvalue weighted by Crippen LogP contribution is -2.52. The van der Waals surface area contributed by atoms with Gasteiger partial charge in [-0.25, -0.2) is 9.59 Å². The zero-order valence-electron chi connectivity index (χ0n) is 14.0. The molecule has 2 heterocycles. The van der Waals surface area contributed by atoms with Crippen LogP contribution in [-0.4, -0.2) is 52.4 Å². The van der Waals surface area contributed by atoms with Crippen LogP contribution in [0.3, 0.4) is 0 Å². The van der Waals surface area contributed by atoms with Crippen molar-refractivity contribution < 1.29 is 24.2 Å². The number of ether oxygens (including phenoxy) is 2. The number of morpholine rings is 1. The van der Waals surface area contributed by atoms with Gasteiger partial charge in [0.25, 0.3) is 0 Å². The lowest BCUT2D eigenvalue weighted by molar-refractivity contribution is -0.148. The molecule has 0 bridgehead atoms. The molecular formula is C19H18N2O5. The van der Waals surface area contributed by atoms with Gasteiger partial charge in [-0.1, -0.05) is 36.4 Å². The van der Waals surface area contributed by atoms with Crippen LogP contribution in [0.1, 0.15) is 0 Å². The first-order valence-corrected chi connectivity index (χ1v) is 8.37. The van der Waals surface area contributed by atoms with Gasteiger partial charge in [0.05, 0.1) is 24.2 Å². The van der Waals surface area contributed by atoms with Crippen LogP contribution in [0.25, 0.3) is 21.8 Å². The molecule has 7 heteroatoms. The van der Waals surface area contributed by atoms with Crippen LogP contribution in [0.2, 0.25) is 0 Å². The highest BCUT2D eigenvalue weighted by atomic mass is 16.6. The quantitative estimate of drug-likeness (QED) is 0.782. The zero-order valence-corrected chi connectivity index (χ0v) is 14.0. The fourth-order valence-corrected chi connectivity index (χ4v) is 3.37. The molecule has 0 radical (unpaired) electrons. The van der Waals surface area contributed by atoms with Gasteiger partial charge in [0.2, 0.25) is 0 Å². The maximum absolute atomic E-state index is 12.5. The van der Waals surface area contributed by atoms with E-state index in [0.29, 0.717) is 6.61 Å². The molecule has 0 aliphatic carbocycles. The Bertz CT molecular complexity index is 927. The summed E-state index contributed by atoms with van der Waals surface area (Å²) in [7, 11) is 0. The predicted octanol–water partition coefficient (Wildman–Crippen LogP) is 2.67. The van der Waals surface area contributed by atoms with Crippen molar-refractivity contribution in [2.24, 2.45) is 0 Å². The first kappa shape index (κ1) is 16.4. The molecule has 1 saturated heterocycles. The van der Waals surface area contributed by atoms with Gasteiger partial charge < -0.3 is 19.1 Å². The smallest absolute Gasteiger partial charge is 0.412 e. The van der Waals surface area contributed by atoms with Crippen LogP contribution in [-0.2, 0) is 21.0 Å². The monoisotopic (exact) mass is 354 g/mol. The number of aromatic nitrogens is 1. The van der Waals surface area contributed by atoms with E-state index in [1.807, 2.05) is 53.1 Å². The van der Waals surface area contributed by atoms with Crippen molar-refractivity contribution in [3.8, 4) is 0 Å². The zero-order chi connectivity index (χ0) is 18.1. The third-order valence-corrected chi connectivity index (χ3v) is 4.65. The fourth-order valence-electron chi connectivity index (χ4n) is 3.37. The Labute approximate surface area is 149 Å². The average molecular weight is 354 g/mol. The van der Waals surface area contributed by atoms with Gasteiger partial charge in [-0.3, -0.25) is 4.90 Å². The van der Waals surface area contributed by atoms with Crippen LogP contribution in [0.15, 0.2) is 48.5 Å². The van der Waals surface area contributed by atoms with Gasteiger partial charge in [-0.15, -0.1) is 0 Å². The van der Waals surface area contributed by atoms with E-state index in [0.717, 1.165) is 21.8 Å². The molecule has 0 spiro atoms. The third-order valence-electron chi connectivity index (χ3n) is 4.65. The van der Waals surface area contributed by atoms with Crippen molar-refractivity contribution in [3.63, 3.8) is 0 Å². The average Bonchev–Trinajstić information content (AvgIpc) is 3.00. The standard InChI is InChI=1S/C19H18N2O5/c22-18(23)17-11-25-10-9-20(17)19(24)26-12-21-15-7-3-1-5-13(15)14-6-2-4-8-16(14)21/h1-8,17H,9-12H2,(H,22,23)/t17-/m1/s1. The summed E-state index contributed by atoms with van der Waals surface area (Å²) in [5.41, 5.74) is 1.91. The molecular weight excluding hydrogens is 336 g/mol. The second-order valence-electron chi connectivity index (χ2n) is 6.12. The van der Waals surface area contributed by atoms with E-state index in [4.69, 9.17) is 9.47 Å². The van der Waals surface area contributed by atoms with Gasteiger partial charge in [0.15, 0.2) is 12.8 Å². The van der Waals surface area contributed by atoms with Crippen LogP contribution < -0.4 is 0 Å². The Morgan fingerprint density at radius 3 is 2.31 bits per heavy atom. The highest BCUT2D eigenvalue weighted by molar-refractivity contribution is 6.07. The van der Waals surface area contributed by atoms with Gasteiger partial charge in [0.1, 0.15) is 0 Å². The number of amides is 1. The molecule has 0 unspecified atom stereocenters. The summed E-state index contributed by atoms with van der Waals surface area (Å²) in [5.74, 6) is -1.10. The highest BCUT2D eigenvalue weighted by Crippen LogP contribution is 2.28. The number of nitrogens with zero attached hydrogens (tertiary/aromatic N) is 2. The summed E-state index contributed by atoms with van der Waals surface area (Å²) in [6, 6.07) is 14.8. The van der Waals surface area contributed by atoms with Crippen molar-refractivity contribution in [1.82, 2.24) is 9.47 Å². The molecule has 26 heavy (non-hydrogen) atoms. The molecule has 1 aromatic heterocycles. The lowest BCUT2D eigenvalue weighted by Gasteiger charge is -2.31. The van der Waals surface area contributed by atoms with Gasteiger partial charge in [-0.2, -0.15) is 0 Å². The summed E-state index contributed by atoms with van der Waals surface area (Å²) in [6.07, 6.45) is -0.650. The number of hydrogen-bond acceptors (Lipinski definition) is 4. The number of carbonyl (C=O) groups is 2. The topological polar surface area (TPSA) is 81.0 Å². The minimum absolute atomic E-state index is 0.0105. The minimum atomic E-state index is -1.10. The van der Waals surface area contributed by atoms with Crippen molar-refractivity contribution in [2.75, 3.05) is 19.8 Å². The molecule has 1 fully saturated rings. The van der Waals surface area contributed by atoms with Crippen molar-refractivity contribution in [1.29, 1.82) is 0 Å². The summed E-state index contributed by atoms with van der Waals surface area (Å²) >= 11 is 0. The van der Waals surface area contributed by atoms with Gasteiger partial charge in [0, 0.05) is 17.3 Å². The van der Waals surface area contributed by atoms with Crippen LogP contribution in [0.5, 0.6) is 0 Å². The van der Waals surface area contributed by atoms with Crippen molar-refractivity contribution >= 4 is 33.9 Å². The first-order valence-electron chi connectivity index (χ1n) is 8.37. The first-order chi connectivity index (χ1) is 12.7. The molecule has 1 atom stereocenters. The molecule has 2 aromatic carbocycles. The molecule has 7 nitrogen and oxygen atoms in total. The number of benzene rings is 2. The number of fused-ring (bicyclic) bond motifs is 3. The molecule has 0 saturated carbocycles. The van der Waals surface area contributed by atoms with Crippen LogP contribution in [0.4, 0.5) is 4.79 Å². The predicted molar refractivity (Wildman–Crippen MR) is 94.9 cm³/mol. The molecule has 1 N–H and O–H groups in total. The van der Waals surface area contributed by atoms with E-state index in [1.165, 1.54) is 4.90 Å². The number of rotatable bonds is 3. The van der Waals surface area contributed by atoms with Crippen molar-refractivity contribution in [2.45, 2.75) is 12.8 Å². The second kappa shape index (κ2) is 6.68. The SMILES string of the molecule is O=C(O)[C@H]1COCCN1C(=O)OCn1c2ccccc2c2ccccc21. The maximum Gasteiger partial charge on any atom is 0.412 e. The van der Waals surface area contributed by atoms with E-state index in [1.54, 1.807) is 0 Å².